The number of hydrogen-bond acceptors (Lipinski definition) is 4. The van der Waals surface area contributed by atoms with Gasteiger partial charge in [-0.15, -0.1) is 11.3 Å². The molecular weight excluding hydrogens is 434 g/mol. The van der Waals surface area contributed by atoms with Crippen molar-refractivity contribution in [1.29, 1.82) is 0 Å². The Morgan fingerprint density at radius 3 is 2.32 bits per heavy atom. The summed E-state index contributed by atoms with van der Waals surface area (Å²) < 4.78 is 51.9. The number of nitrogens with zero attached hydrogens (tertiary/aromatic N) is 2. The number of thiazole rings is 1. The third kappa shape index (κ3) is 4.74. The molecule has 1 unspecified atom stereocenters. The summed E-state index contributed by atoms with van der Waals surface area (Å²) in [7, 11) is 1.36. The fraction of sp³-hybridized carbons (Fsp3) is 0.190. The van der Waals surface area contributed by atoms with Crippen LogP contribution in [0.3, 0.4) is 0 Å². The number of aromatic nitrogens is 1. The van der Waals surface area contributed by atoms with Gasteiger partial charge in [0.1, 0.15) is 21.7 Å². The number of aryl methyl sites for hydroxylation is 1. The molecule has 0 saturated carbocycles. The van der Waals surface area contributed by atoms with Crippen LogP contribution in [0.25, 0.3) is 10.6 Å². The molecular formula is C21H17F4N3O2S. The maximum absolute atomic E-state index is 13.6. The Labute approximate surface area is 179 Å². The van der Waals surface area contributed by atoms with Crippen molar-refractivity contribution >= 4 is 23.2 Å². The zero-order chi connectivity index (χ0) is 22.9. The van der Waals surface area contributed by atoms with Gasteiger partial charge in [0, 0.05) is 12.6 Å². The van der Waals surface area contributed by atoms with E-state index in [0.717, 1.165) is 34.4 Å². The molecule has 3 rings (SSSR count). The molecule has 10 heteroatoms. The molecule has 31 heavy (non-hydrogen) atoms. The van der Waals surface area contributed by atoms with Crippen molar-refractivity contribution in [3.05, 3.63) is 76.0 Å². The first-order valence-corrected chi connectivity index (χ1v) is 9.77. The second-order valence-corrected chi connectivity index (χ2v) is 7.78. The van der Waals surface area contributed by atoms with E-state index >= 15 is 0 Å². The number of primary amides is 1. The second-order valence-electron chi connectivity index (χ2n) is 6.78. The van der Waals surface area contributed by atoms with E-state index in [4.69, 9.17) is 5.73 Å². The number of carbonyl (C=O) groups is 2. The standard InChI is InChI=1S/C21H17F4N3O2S/c1-11-17(31-19(27-11)12-6-8-14(9-7-12)21(23,24)25)20(30)28(2)16(18(26)29)13-4-3-5-15(22)10-13/h3-10,16H,1-2H3,(H2,26,29). The Bertz CT molecular complexity index is 1130. The van der Waals surface area contributed by atoms with Crippen LogP contribution in [0.5, 0.6) is 0 Å². The molecule has 162 valence electrons. The minimum atomic E-state index is -4.46. The number of hydrogen-bond donors (Lipinski definition) is 1. The van der Waals surface area contributed by atoms with Crippen molar-refractivity contribution in [2.24, 2.45) is 5.73 Å². The van der Waals surface area contributed by atoms with Crippen LogP contribution < -0.4 is 5.73 Å². The predicted octanol–water partition coefficient (Wildman–Crippen LogP) is 4.58. The van der Waals surface area contributed by atoms with Crippen molar-refractivity contribution in [1.82, 2.24) is 9.88 Å². The third-order valence-corrected chi connectivity index (χ3v) is 5.79. The van der Waals surface area contributed by atoms with E-state index in [2.05, 4.69) is 4.98 Å². The van der Waals surface area contributed by atoms with Gasteiger partial charge in [0.25, 0.3) is 5.91 Å². The molecule has 2 N–H and O–H groups in total. The highest BCUT2D eigenvalue weighted by atomic mass is 32.1. The van der Waals surface area contributed by atoms with Crippen molar-refractivity contribution in [3.8, 4) is 10.6 Å². The van der Waals surface area contributed by atoms with Crippen LogP contribution in [0.2, 0.25) is 0 Å². The lowest BCUT2D eigenvalue weighted by atomic mass is 10.0. The highest BCUT2D eigenvalue weighted by molar-refractivity contribution is 7.17. The lowest BCUT2D eigenvalue weighted by Gasteiger charge is -2.25. The molecule has 1 atom stereocenters. The van der Waals surface area contributed by atoms with Crippen LogP contribution >= 0.6 is 11.3 Å². The average molecular weight is 451 g/mol. The highest BCUT2D eigenvalue weighted by Gasteiger charge is 2.31. The fourth-order valence-electron chi connectivity index (χ4n) is 3.05. The van der Waals surface area contributed by atoms with Crippen molar-refractivity contribution in [3.63, 3.8) is 0 Å². The molecule has 5 nitrogen and oxygen atoms in total. The van der Waals surface area contributed by atoms with E-state index in [0.29, 0.717) is 16.3 Å². The maximum atomic E-state index is 13.6. The SMILES string of the molecule is Cc1nc(-c2ccc(C(F)(F)F)cc2)sc1C(=O)N(C)C(C(N)=O)c1cccc(F)c1. The lowest BCUT2D eigenvalue weighted by Crippen LogP contribution is -2.39. The molecule has 2 amide bonds. The Morgan fingerprint density at radius 2 is 1.77 bits per heavy atom. The summed E-state index contributed by atoms with van der Waals surface area (Å²) in [6.07, 6.45) is -4.46. The number of nitrogens with two attached hydrogens (primary N) is 1. The summed E-state index contributed by atoms with van der Waals surface area (Å²) in [5.74, 6) is -1.99. The number of benzene rings is 2. The van der Waals surface area contributed by atoms with Gasteiger partial charge < -0.3 is 10.6 Å². The Balaban J connectivity index is 1.91. The van der Waals surface area contributed by atoms with Gasteiger partial charge in [0.05, 0.1) is 11.3 Å². The van der Waals surface area contributed by atoms with E-state index in [9.17, 15) is 27.2 Å². The topological polar surface area (TPSA) is 76.3 Å². The first-order valence-electron chi connectivity index (χ1n) is 8.96. The average Bonchev–Trinajstić information content (AvgIpc) is 3.08. The summed E-state index contributed by atoms with van der Waals surface area (Å²) >= 11 is 0.980. The highest BCUT2D eigenvalue weighted by Crippen LogP contribution is 2.34. The number of halogens is 4. The van der Waals surface area contributed by atoms with Gasteiger partial charge in [-0.1, -0.05) is 24.3 Å². The third-order valence-electron chi connectivity index (χ3n) is 4.59. The van der Waals surface area contributed by atoms with Crippen molar-refractivity contribution in [2.45, 2.75) is 19.1 Å². The summed E-state index contributed by atoms with van der Waals surface area (Å²) in [4.78, 5) is 30.6. The summed E-state index contributed by atoms with van der Waals surface area (Å²) in [6.45, 7) is 1.58. The molecule has 2 aromatic carbocycles. The smallest absolute Gasteiger partial charge is 0.368 e. The van der Waals surface area contributed by atoms with Crippen LogP contribution in [-0.4, -0.2) is 28.7 Å². The largest absolute Gasteiger partial charge is 0.416 e. The number of carbonyl (C=O) groups excluding carboxylic acids is 2. The molecule has 0 aliphatic carbocycles. The Hall–Kier alpha value is -3.27. The monoisotopic (exact) mass is 451 g/mol. The van der Waals surface area contributed by atoms with Crippen molar-refractivity contribution < 1.29 is 27.2 Å². The minimum absolute atomic E-state index is 0.194. The second kappa shape index (κ2) is 8.46. The van der Waals surface area contributed by atoms with Gasteiger partial charge in [-0.25, -0.2) is 9.37 Å². The zero-order valence-corrected chi connectivity index (χ0v) is 17.2. The van der Waals surface area contributed by atoms with E-state index in [-0.39, 0.29) is 10.4 Å². The first kappa shape index (κ1) is 22.4. The molecule has 0 bridgehead atoms. The van der Waals surface area contributed by atoms with E-state index in [1.807, 2.05) is 0 Å². The minimum Gasteiger partial charge on any atom is -0.368 e. The molecule has 1 heterocycles. The summed E-state index contributed by atoms with van der Waals surface area (Å²) in [5.41, 5.74) is 5.65. The van der Waals surface area contributed by atoms with Gasteiger partial charge in [-0.2, -0.15) is 13.2 Å². The van der Waals surface area contributed by atoms with Gasteiger partial charge in [-0.05, 0) is 36.8 Å². The Morgan fingerprint density at radius 1 is 1.13 bits per heavy atom. The van der Waals surface area contributed by atoms with Crippen LogP contribution in [-0.2, 0) is 11.0 Å². The fourth-order valence-corrected chi connectivity index (χ4v) is 4.11. The van der Waals surface area contributed by atoms with Gasteiger partial charge >= 0.3 is 6.18 Å². The van der Waals surface area contributed by atoms with Crippen LogP contribution in [0.15, 0.2) is 48.5 Å². The molecule has 0 saturated heterocycles. The van der Waals surface area contributed by atoms with Gasteiger partial charge in [0.2, 0.25) is 5.91 Å². The first-order chi connectivity index (χ1) is 14.5. The molecule has 0 aliphatic rings. The summed E-state index contributed by atoms with van der Waals surface area (Å²) in [5, 5.41) is 0.351. The lowest BCUT2D eigenvalue weighted by molar-refractivity contribution is -0.137. The molecule has 0 aliphatic heterocycles. The molecule has 0 radical (unpaired) electrons. The maximum Gasteiger partial charge on any atom is 0.416 e. The van der Waals surface area contributed by atoms with Crippen LogP contribution in [0, 0.1) is 12.7 Å². The van der Waals surface area contributed by atoms with E-state index < -0.39 is 35.4 Å². The van der Waals surface area contributed by atoms with Crippen molar-refractivity contribution in [2.75, 3.05) is 7.05 Å². The van der Waals surface area contributed by atoms with E-state index in [1.165, 1.54) is 37.4 Å². The molecule has 1 aromatic heterocycles. The van der Waals surface area contributed by atoms with Gasteiger partial charge in [0.15, 0.2) is 0 Å². The van der Waals surface area contributed by atoms with E-state index in [1.54, 1.807) is 6.92 Å². The number of rotatable bonds is 5. The van der Waals surface area contributed by atoms with Gasteiger partial charge in [-0.3, -0.25) is 9.59 Å². The number of amides is 2. The Kier molecular flexibility index (Phi) is 6.12. The molecule has 0 spiro atoms. The quantitative estimate of drug-likeness (QED) is 0.577. The summed E-state index contributed by atoms with van der Waals surface area (Å²) in [6, 6.07) is 8.42. The van der Waals surface area contributed by atoms with Crippen LogP contribution in [0.4, 0.5) is 17.6 Å². The number of likely N-dealkylation sites (N-methyl/N-ethyl adjacent to an activating group) is 1. The van der Waals surface area contributed by atoms with Crippen LogP contribution in [0.1, 0.15) is 32.5 Å². The zero-order valence-electron chi connectivity index (χ0n) is 16.4. The molecule has 0 fully saturated rings. The predicted molar refractivity (Wildman–Crippen MR) is 108 cm³/mol. The number of alkyl halides is 3. The normalized spacial score (nSPS) is 12.5. The molecule has 3 aromatic rings.